The van der Waals surface area contributed by atoms with Crippen LogP contribution in [-0.4, -0.2) is 39.3 Å². The number of carbonyl (C=O) groups is 1. The summed E-state index contributed by atoms with van der Waals surface area (Å²) in [7, 11) is -2.56. The number of methoxy groups -OCH3 is 1. The number of nitrogens with one attached hydrogen (secondary N) is 1. The van der Waals surface area contributed by atoms with Gasteiger partial charge in [0.05, 0.1) is 7.11 Å². The van der Waals surface area contributed by atoms with Crippen molar-refractivity contribution >= 4 is 27.3 Å². The smallest absolute Gasteiger partial charge is 0.336 e. The lowest BCUT2D eigenvalue weighted by Gasteiger charge is -2.09. The number of esters is 1. The lowest BCUT2D eigenvalue weighted by Crippen LogP contribution is -2.36. The molecule has 17 heavy (non-hydrogen) atoms. The second kappa shape index (κ2) is 5.58. The summed E-state index contributed by atoms with van der Waals surface area (Å²) in [6.45, 7) is 1.37. The third-order valence-corrected chi connectivity index (χ3v) is 4.84. The van der Waals surface area contributed by atoms with Crippen LogP contribution in [0.15, 0.2) is 16.3 Å². The maximum absolute atomic E-state index is 11.7. The number of ether oxygens (including phenoxy) is 1. The number of hydrogen-bond acceptors (Lipinski definition) is 6. The predicted octanol–water partition coefficient (Wildman–Crippen LogP) is -0.131. The highest BCUT2D eigenvalue weighted by molar-refractivity contribution is 7.91. The molecule has 0 aromatic carbocycles. The van der Waals surface area contributed by atoms with Gasteiger partial charge in [0.1, 0.15) is 4.21 Å². The molecule has 0 bridgehead atoms. The van der Waals surface area contributed by atoms with E-state index in [1.54, 1.807) is 13.0 Å². The van der Waals surface area contributed by atoms with Gasteiger partial charge in [-0.1, -0.05) is 0 Å². The molecule has 8 heteroatoms. The van der Waals surface area contributed by atoms with Crippen molar-refractivity contribution in [1.82, 2.24) is 4.72 Å². The van der Waals surface area contributed by atoms with Crippen molar-refractivity contribution in [2.75, 3.05) is 13.7 Å². The zero-order valence-electron chi connectivity index (χ0n) is 9.34. The first-order chi connectivity index (χ1) is 7.86. The molecular formula is C9H13NO5S2. The molecule has 1 aromatic rings. The minimum absolute atomic E-state index is 0.145. The highest BCUT2D eigenvalue weighted by Gasteiger charge is 2.21. The van der Waals surface area contributed by atoms with E-state index in [2.05, 4.69) is 9.46 Å². The topological polar surface area (TPSA) is 92.7 Å². The Morgan fingerprint density at radius 1 is 1.59 bits per heavy atom. The van der Waals surface area contributed by atoms with Gasteiger partial charge in [0.2, 0.25) is 10.0 Å². The Kier molecular flexibility index (Phi) is 4.63. The van der Waals surface area contributed by atoms with E-state index in [4.69, 9.17) is 0 Å². The summed E-state index contributed by atoms with van der Waals surface area (Å²) in [6, 6.07) is 3.14. The van der Waals surface area contributed by atoms with Gasteiger partial charge in [-0.3, -0.25) is 0 Å². The van der Waals surface area contributed by atoms with Crippen molar-refractivity contribution in [1.29, 1.82) is 0 Å². The van der Waals surface area contributed by atoms with Crippen LogP contribution in [-0.2, 0) is 19.6 Å². The number of aryl methyl sites for hydroxylation is 1. The van der Waals surface area contributed by atoms with Gasteiger partial charge in [-0.05, 0) is 19.1 Å². The van der Waals surface area contributed by atoms with Crippen LogP contribution >= 0.6 is 11.3 Å². The normalized spacial score (nSPS) is 13.4. The Morgan fingerprint density at radius 2 is 2.24 bits per heavy atom. The van der Waals surface area contributed by atoms with Crippen molar-refractivity contribution < 1.29 is 23.1 Å². The van der Waals surface area contributed by atoms with Crippen LogP contribution in [0.5, 0.6) is 0 Å². The largest absolute Gasteiger partial charge is 0.467 e. The third kappa shape index (κ3) is 3.77. The van der Waals surface area contributed by atoms with Crippen molar-refractivity contribution in [3.63, 3.8) is 0 Å². The van der Waals surface area contributed by atoms with E-state index < -0.39 is 28.6 Å². The minimum atomic E-state index is -3.68. The molecule has 1 unspecified atom stereocenters. The molecule has 96 valence electrons. The zero-order chi connectivity index (χ0) is 13.1. The van der Waals surface area contributed by atoms with Gasteiger partial charge in [0.15, 0.2) is 6.10 Å². The highest BCUT2D eigenvalue weighted by atomic mass is 32.2. The van der Waals surface area contributed by atoms with Crippen LogP contribution < -0.4 is 4.72 Å². The van der Waals surface area contributed by atoms with E-state index in [0.29, 0.717) is 0 Å². The summed E-state index contributed by atoms with van der Waals surface area (Å²) in [6.07, 6.45) is -1.50. The summed E-state index contributed by atoms with van der Waals surface area (Å²) in [4.78, 5) is 11.7. The predicted molar refractivity (Wildman–Crippen MR) is 62.3 cm³/mol. The summed E-state index contributed by atoms with van der Waals surface area (Å²) >= 11 is 1.11. The lowest BCUT2D eigenvalue weighted by atomic mass is 10.4. The van der Waals surface area contributed by atoms with E-state index >= 15 is 0 Å². The van der Waals surface area contributed by atoms with E-state index in [-0.39, 0.29) is 4.21 Å². The van der Waals surface area contributed by atoms with E-state index in [1.807, 2.05) is 0 Å². The third-order valence-electron chi connectivity index (χ3n) is 1.92. The number of carbonyl (C=O) groups excluding carboxylic acids is 1. The Morgan fingerprint density at radius 3 is 2.71 bits per heavy atom. The van der Waals surface area contributed by atoms with E-state index in [0.717, 1.165) is 23.3 Å². The van der Waals surface area contributed by atoms with Crippen LogP contribution in [0.4, 0.5) is 0 Å². The Bertz CT molecular complexity index is 493. The number of thiophene rings is 1. The fourth-order valence-corrected chi connectivity index (χ4v) is 3.40. The van der Waals surface area contributed by atoms with Crippen LogP contribution in [0.3, 0.4) is 0 Å². The van der Waals surface area contributed by atoms with Crippen LogP contribution in [0.2, 0.25) is 0 Å². The SMILES string of the molecule is COC(=O)C(O)CNS(=O)(=O)c1ccc(C)s1. The molecule has 0 radical (unpaired) electrons. The van der Waals surface area contributed by atoms with Gasteiger partial charge in [-0.15, -0.1) is 11.3 Å². The van der Waals surface area contributed by atoms with Gasteiger partial charge in [-0.25, -0.2) is 17.9 Å². The van der Waals surface area contributed by atoms with Gasteiger partial charge < -0.3 is 9.84 Å². The van der Waals surface area contributed by atoms with Crippen molar-refractivity contribution in [3.05, 3.63) is 17.0 Å². The molecule has 1 heterocycles. The van der Waals surface area contributed by atoms with Crippen LogP contribution in [0, 0.1) is 6.92 Å². The Balaban J connectivity index is 2.66. The fraction of sp³-hybridized carbons (Fsp3) is 0.444. The molecule has 2 N–H and O–H groups in total. The molecule has 1 atom stereocenters. The standard InChI is InChI=1S/C9H13NO5S2/c1-6-3-4-8(16-6)17(13,14)10-5-7(11)9(12)15-2/h3-4,7,10-11H,5H2,1-2H3. The van der Waals surface area contributed by atoms with E-state index in [1.165, 1.54) is 6.07 Å². The van der Waals surface area contributed by atoms with Gasteiger partial charge in [0.25, 0.3) is 0 Å². The van der Waals surface area contributed by atoms with E-state index in [9.17, 15) is 18.3 Å². The molecule has 0 saturated heterocycles. The number of hydrogen-bond donors (Lipinski definition) is 2. The minimum Gasteiger partial charge on any atom is -0.467 e. The van der Waals surface area contributed by atoms with Crippen molar-refractivity contribution in [3.8, 4) is 0 Å². The molecule has 0 aliphatic heterocycles. The molecule has 0 spiro atoms. The number of rotatable bonds is 5. The molecule has 0 aliphatic rings. The van der Waals surface area contributed by atoms with Gasteiger partial charge >= 0.3 is 5.97 Å². The van der Waals surface area contributed by atoms with Crippen LogP contribution in [0.1, 0.15) is 4.88 Å². The highest BCUT2D eigenvalue weighted by Crippen LogP contribution is 2.20. The molecule has 1 rings (SSSR count). The maximum Gasteiger partial charge on any atom is 0.336 e. The molecule has 6 nitrogen and oxygen atoms in total. The summed E-state index contributed by atoms with van der Waals surface area (Å²) in [5, 5.41) is 9.24. The fourth-order valence-electron chi connectivity index (χ4n) is 1.04. The molecule has 0 saturated carbocycles. The van der Waals surface area contributed by atoms with Gasteiger partial charge in [0, 0.05) is 11.4 Å². The maximum atomic E-state index is 11.7. The average molecular weight is 279 g/mol. The summed E-state index contributed by atoms with van der Waals surface area (Å²) < 4.78 is 29.9. The van der Waals surface area contributed by atoms with Crippen LogP contribution in [0.25, 0.3) is 0 Å². The van der Waals surface area contributed by atoms with Crippen molar-refractivity contribution in [2.45, 2.75) is 17.2 Å². The van der Waals surface area contributed by atoms with Gasteiger partial charge in [-0.2, -0.15) is 0 Å². The quantitative estimate of drug-likeness (QED) is 0.732. The first-order valence-corrected chi connectivity index (χ1v) is 6.99. The Labute approximate surface area is 103 Å². The number of aliphatic hydroxyl groups is 1. The second-order valence-electron chi connectivity index (χ2n) is 3.26. The Hall–Kier alpha value is -0.960. The molecule has 0 fully saturated rings. The summed E-state index contributed by atoms with van der Waals surface area (Å²) in [5.74, 6) is -0.880. The zero-order valence-corrected chi connectivity index (χ0v) is 11.0. The first kappa shape index (κ1) is 14.1. The molecule has 1 aromatic heterocycles. The molecular weight excluding hydrogens is 266 g/mol. The number of sulfonamides is 1. The van der Waals surface area contributed by atoms with Crippen molar-refractivity contribution in [2.24, 2.45) is 0 Å². The lowest BCUT2D eigenvalue weighted by molar-refractivity contribution is -0.149. The average Bonchev–Trinajstić information content (AvgIpc) is 2.72. The monoisotopic (exact) mass is 279 g/mol. The summed E-state index contributed by atoms with van der Waals surface area (Å²) in [5.41, 5.74) is 0. The second-order valence-corrected chi connectivity index (χ2v) is 6.54. The molecule has 0 amide bonds. The number of aliphatic hydroxyl groups excluding tert-OH is 1. The first-order valence-electron chi connectivity index (χ1n) is 4.69. The molecule has 0 aliphatic carbocycles.